The molecule has 0 fully saturated rings. The van der Waals surface area contributed by atoms with Crippen molar-refractivity contribution in [2.45, 2.75) is 83.9 Å². The number of rotatable bonds is 8. The van der Waals surface area contributed by atoms with Crippen LogP contribution in [0.1, 0.15) is 85.0 Å². The molecule has 222 valence electrons. The summed E-state index contributed by atoms with van der Waals surface area (Å²) in [7, 11) is -1.95. The second kappa shape index (κ2) is 13.0. The number of nitrogens with one attached hydrogen (secondary N) is 1. The first-order chi connectivity index (χ1) is 19.6. The molecule has 2 nitrogen and oxygen atoms in total. The van der Waals surface area contributed by atoms with Crippen molar-refractivity contribution < 1.29 is 4.21 Å². The highest BCUT2D eigenvalue weighted by Crippen LogP contribution is 2.42. The highest BCUT2D eigenvalue weighted by molar-refractivity contribution is 7.84. The van der Waals surface area contributed by atoms with Crippen LogP contribution in [0.5, 0.6) is 0 Å². The molecule has 4 aromatic rings. The lowest BCUT2D eigenvalue weighted by Gasteiger charge is -2.31. The molecule has 0 unspecified atom stereocenters. The van der Waals surface area contributed by atoms with Gasteiger partial charge in [-0.2, -0.15) is 0 Å². The summed E-state index contributed by atoms with van der Waals surface area (Å²) < 4.78 is 17.0. The number of hydrogen-bond donors (Lipinski definition) is 1. The molecule has 4 heteroatoms. The second-order valence-corrected chi connectivity index (χ2v) is 18.5. The van der Waals surface area contributed by atoms with E-state index in [1.165, 1.54) is 38.4 Å². The van der Waals surface area contributed by atoms with E-state index in [1.807, 2.05) is 20.8 Å². The Kier molecular flexibility index (Phi) is 9.98. The van der Waals surface area contributed by atoms with E-state index in [1.54, 1.807) is 0 Å². The maximum Gasteiger partial charge on any atom is 0.0976 e. The molecule has 0 bridgehead atoms. The lowest BCUT2D eigenvalue weighted by atomic mass is 9.78. The van der Waals surface area contributed by atoms with Crippen LogP contribution in [0.3, 0.4) is 0 Å². The molecule has 0 amide bonds. The molecular weight excluding hydrogens is 549 g/mol. The molecule has 0 aromatic heterocycles. The van der Waals surface area contributed by atoms with Crippen LogP contribution >= 0.6 is 7.92 Å². The van der Waals surface area contributed by atoms with E-state index in [0.29, 0.717) is 0 Å². The lowest BCUT2D eigenvalue weighted by molar-refractivity contribution is 0.569. The average molecular weight is 598 g/mol. The van der Waals surface area contributed by atoms with Crippen molar-refractivity contribution >= 4 is 29.5 Å². The van der Waals surface area contributed by atoms with E-state index < -0.39 is 18.9 Å². The Labute approximate surface area is 258 Å². The molecule has 1 N–H and O–H groups in total. The van der Waals surface area contributed by atoms with Gasteiger partial charge in [-0.15, -0.1) is 0 Å². The minimum atomic E-state index is -1.24. The first-order valence-corrected chi connectivity index (χ1v) is 17.6. The van der Waals surface area contributed by atoms with Gasteiger partial charge in [0.1, 0.15) is 0 Å². The quantitative estimate of drug-likeness (QED) is 0.202. The summed E-state index contributed by atoms with van der Waals surface area (Å²) in [4.78, 5) is 0. The van der Waals surface area contributed by atoms with Gasteiger partial charge in [-0.05, 0) is 84.1 Å². The molecule has 4 aromatic carbocycles. The van der Waals surface area contributed by atoms with Gasteiger partial charge in [0.05, 0.1) is 15.7 Å². The Balaban J connectivity index is 1.91. The largest absolute Gasteiger partial charge is 0.242 e. The molecule has 4 rings (SSSR count). The summed E-state index contributed by atoms with van der Waals surface area (Å²) in [5.41, 5.74) is 6.32. The standard InChI is InChI=1S/C38H48NOPS/c1-36(2,3)29-24-28(25-30(26-29)37(4,5)6)33-22-16-17-23-34(33)35(39-42(40)38(7,8)9)27-41(31-18-12-10-13-19-31)32-20-14-11-15-21-32/h10-26,35,39H,27H2,1-9H3/t35-,42-/m1/s1. The minimum absolute atomic E-state index is 0.0191. The predicted octanol–water partition coefficient (Wildman–Crippen LogP) is 9.17. The zero-order valence-electron chi connectivity index (χ0n) is 26.9. The normalized spacial score (nSPS) is 14.1. The van der Waals surface area contributed by atoms with Crippen molar-refractivity contribution in [3.8, 4) is 11.1 Å². The van der Waals surface area contributed by atoms with Gasteiger partial charge in [-0.25, -0.2) is 8.93 Å². The SMILES string of the molecule is CC(C)(C)c1cc(-c2ccccc2[C@@H](CP(c2ccccc2)c2ccccc2)N[S@](=O)C(C)(C)C)cc(C(C)(C)C)c1. The van der Waals surface area contributed by atoms with Gasteiger partial charge in [-0.1, -0.05) is 145 Å². The van der Waals surface area contributed by atoms with E-state index >= 15 is 0 Å². The smallest absolute Gasteiger partial charge is 0.0976 e. The van der Waals surface area contributed by atoms with Crippen LogP contribution in [0.2, 0.25) is 0 Å². The first-order valence-electron chi connectivity index (χ1n) is 15.0. The van der Waals surface area contributed by atoms with Crippen LogP contribution in [0, 0.1) is 0 Å². The molecule has 0 radical (unpaired) electrons. The van der Waals surface area contributed by atoms with Gasteiger partial charge in [0, 0.05) is 6.04 Å². The summed E-state index contributed by atoms with van der Waals surface area (Å²) in [6.07, 6.45) is 0.841. The summed E-state index contributed by atoms with van der Waals surface area (Å²) >= 11 is 0. The Hall–Kier alpha value is -2.58. The average Bonchev–Trinajstić information content (AvgIpc) is 2.94. The Bertz CT molecular complexity index is 1420. The summed E-state index contributed by atoms with van der Waals surface area (Å²) in [6.45, 7) is 19.8. The van der Waals surface area contributed by atoms with E-state index in [4.69, 9.17) is 0 Å². The van der Waals surface area contributed by atoms with Gasteiger partial charge < -0.3 is 0 Å². The van der Waals surface area contributed by atoms with Crippen molar-refractivity contribution in [2.24, 2.45) is 0 Å². The van der Waals surface area contributed by atoms with E-state index in [2.05, 4.69) is 149 Å². The van der Waals surface area contributed by atoms with E-state index in [-0.39, 0.29) is 21.6 Å². The molecule has 2 atom stereocenters. The molecule has 0 spiro atoms. The van der Waals surface area contributed by atoms with Gasteiger partial charge in [0.15, 0.2) is 0 Å². The molecule has 0 heterocycles. The van der Waals surface area contributed by atoms with Crippen LogP contribution in [0.15, 0.2) is 103 Å². The Morgan fingerprint density at radius 1 is 0.643 bits per heavy atom. The highest BCUT2D eigenvalue weighted by Gasteiger charge is 2.29. The van der Waals surface area contributed by atoms with Crippen molar-refractivity contribution in [3.63, 3.8) is 0 Å². The maximum atomic E-state index is 13.7. The zero-order valence-corrected chi connectivity index (χ0v) is 28.6. The van der Waals surface area contributed by atoms with Gasteiger partial charge in [-0.3, -0.25) is 0 Å². The van der Waals surface area contributed by atoms with Gasteiger partial charge >= 0.3 is 0 Å². The van der Waals surface area contributed by atoms with E-state index in [9.17, 15) is 4.21 Å². The lowest BCUT2D eigenvalue weighted by Crippen LogP contribution is -2.37. The highest BCUT2D eigenvalue weighted by atomic mass is 32.2. The summed E-state index contributed by atoms with van der Waals surface area (Å²) in [6, 6.07) is 37.4. The molecule has 42 heavy (non-hydrogen) atoms. The van der Waals surface area contributed by atoms with Crippen molar-refractivity contribution in [3.05, 3.63) is 120 Å². The fourth-order valence-electron chi connectivity index (χ4n) is 4.98. The van der Waals surface area contributed by atoms with Crippen molar-refractivity contribution in [1.82, 2.24) is 4.72 Å². The van der Waals surface area contributed by atoms with Crippen LogP contribution in [-0.4, -0.2) is 15.1 Å². The van der Waals surface area contributed by atoms with Crippen LogP contribution in [0.25, 0.3) is 11.1 Å². The van der Waals surface area contributed by atoms with Crippen LogP contribution in [-0.2, 0) is 21.8 Å². The predicted molar refractivity (Wildman–Crippen MR) is 187 cm³/mol. The third-order valence-corrected chi connectivity index (χ3v) is 11.8. The Morgan fingerprint density at radius 3 is 1.55 bits per heavy atom. The zero-order chi connectivity index (χ0) is 30.7. The third-order valence-electron chi connectivity index (χ3n) is 7.62. The third kappa shape index (κ3) is 8.07. The minimum Gasteiger partial charge on any atom is -0.242 e. The maximum absolute atomic E-state index is 13.7. The summed E-state index contributed by atoms with van der Waals surface area (Å²) in [5.74, 6) is 0. The van der Waals surface area contributed by atoms with Crippen molar-refractivity contribution in [1.29, 1.82) is 0 Å². The molecule has 0 saturated heterocycles. The second-order valence-electron chi connectivity index (χ2n) is 14.2. The monoisotopic (exact) mass is 597 g/mol. The van der Waals surface area contributed by atoms with Crippen LogP contribution < -0.4 is 15.3 Å². The molecule has 0 saturated carbocycles. The first kappa shape index (κ1) is 32.3. The molecule has 0 aliphatic rings. The fourth-order valence-corrected chi connectivity index (χ4v) is 8.36. The van der Waals surface area contributed by atoms with Gasteiger partial charge in [0.2, 0.25) is 0 Å². The molecular formula is C38H48NOPS. The molecule has 0 aliphatic heterocycles. The van der Waals surface area contributed by atoms with Crippen molar-refractivity contribution in [2.75, 3.05) is 6.16 Å². The Morgan fingerprint density at radius 2 is 1.10 bits per heavy atom. The topological polar surface area (TPSA) is 29.1 Å². The van der Waals surface area contributed by atoms with Crippen LogP contribution in [0.4, 0.5) is 0 Å². The summed E-state index contributed by atoms with van der Waals surface area (Å²) in [5, 5.41) is 2.66. The van der Waals surface area contributed by atoms with Gasteiger partial charge in [0.25, 0.3) is 0 Å². The number of hydrogen-bond acceptors (Lipinski definition) is 1. The number of benzene rings is 4. The van der Waals surface area contributed by atoms with E-state index in [0.717, 1.165) is 6.16 Å². The fraction of sp³-hybridized carbons (Fsp3) is 0.368. The molecule has 0 aliphatic carbocycles.